The molecule has 2 aliphatic heterocycles. The number of furan rings is 2. The van der Waals surface area contributed by atoms with Crippen molar-refractivity contribution in [3.63, 3.8) is 0 Å². The summed E-state index contributed by atoms with van der Waals surface area (Å²) in [5, 5.41) is 10.9. The zero-order valence-corrected chi connectivity index (χ0v) is 17.3. The molecule has 164 valence electrons. The van der Waals surface area contributed by atoms with Crippen LogP contribution in [0.5, 0.6) is 5.75 Å². The molecule has 0 radical (unpaired) electrons. The van der Waals surface area contributed by atoms with Crippen LogP contribution in [0.2, 0.25) is 0 Å². The number of aromatic hydroxyl groups is 1. The summed E-state index contributed by atoms with van der Waals surface area (Å²) in [4.78, 5) is 0. The molecule has 2 unspecified atom stereocenters. The van der Waals surface area contributed by atoms with Crippen LogP contribution in [0.4, 0.5) is 0 Å². The van der Waals surface area contributed by atoms with Crippen LogP contribution in [0.1, 0.15) is 46.3 Å². The maximum atomic E-state index is 10.9. The lowest BCUT2D eigenvalue weighted by Gasteiger charge is -2.48. The Morgan fingerprint density at radius 3 is 2.03 bits per heavy atom. The van der Waals surface area contributed by atoms with Crippen LogP contribution in [0.15, 0.2) is 88.6 Å². The van der Waals surface area contributed by atoms with E-state index in [1.165, 1.54) is 11.1 Å². The molecule has 7 rings (SSSR count). The minimum atomic E-state index is -4.94. The number of halogens is 1. The summed E-state index contributed by atoms with van der Waals surface area (Å²) in [5.41, 5.74) is 5.42. The summed E-state index contributed by atoms with van der Waals surface area (Å²) >= 11 is 0. The van der Waals surface area contributed by atoms with E-state index in [0.717, 1.165) is 23.2 Å². The van der Waals surface area contributed by atoms with E-state index in [4.69, 9.17) is 27.5 Å². The normalized spacial score (nSPS) is 20.1. The molecule has 8 nitrogen and oxygen atoms in total. The van der Waals surface area contributed by atoms with Gasteiger partial charge in [0, 0.05) is 29.2 Å². The number of rotatable bonds is 2. The van der Waals surface area contributed by atoms with Gasteiger partial charge in [0.25, 0.3) is 0 Å². The lowest BCUT2D eigenvalue weighted by atomic mass is 9.54. The van der Waals surface area contributed by atoms with Crippen molar-refractivity contribution in [1.29, 1.82) is 0 Å². The van der Waals surface area contributed by atoms with Crippen molar-refractivity contribution in [2.24, 2.45) is 0 Å². The van der Waals surface area contributed by atoms with Gasteiger partial charge in [-0.25, -0.2) is 18.6 Å². The van der Waals surface area contributed by atoms with Crippen LogP contribution in [-0.2, 0) is 5.41 Å². The van der Waals surface area contributed by atoms with Gasteiger partial charge in [0.1, 0.15) is 0 Å². The summed E-state index contributed by atoms with van der Waals surface area (Å²) < 4.78 is 47.2. The third kappa shape index (κ3) is 3.21. The number of fused-ring (bicyclic) bond motifs is 1. The molecule has 3 aliphatic rings. The minimum Gasteiger partial charge on any atom is -0.502 e. The molecule has 2 bridgehead atoms. The van der Waals surface area contributed by atoms with E-state index < -0.39 is 10.2 Å². The Bertz CT molecular complexity index is 1190. The summed E-state index contributed by atoms with van der Waals surface area (Å²) in [6.45, 7) is 0. The highest BCUT2D eigenvalue weighted by molar-refractivity contribution is 5.55. The first-order valence-electron chi connectivity index (χ1n) is 9.79. The first-order chi connectivity index (χ1) is 15.3. The standard InChI is InChI=1S/C23H17NO3.ClHO4/c25-20-6-3-9-24-19-12-23(15-7-10-26-13-15,16-8-11-27-14-16)21(22(20)24)18-5-2-1-4-17(18)19;2-1(3,4)5/h1-11,13-14,19,21H,12H2;(H,2,3,4,5). The van der Waals surface area contributed by atoms with Gasteiger partial charge in [0.05, 0.1) is 36.4 Å². The minimum absolute atomic E-state index is 0.0323. The highest BCUT2D eigenvalue weighted by Gasteiger charge is 2.61. The Hall–Kier alpha value is -3.14. The van der Waals surface area contributed by atoms with Gasteiger partial charge < -0.3 is 13.9 Å². The number of benzene rings is 1. The van der Waals surface area contributed by atoms with E-state index in [1.54, 1.807) is 18.6 Å². The molecule has 32 heavy (non-hydrogen) atoms. The monoisotopic (exact) mass is 455 g/mol. The number of pyridine rings is 1. The smallest absolute Gasteiger partial charge is 0.232 e. The average molecular weight is 456 g/mol. The molecular formula is C23H18ClNO7. The van der Waals surface area contributed by atoms with Crippen LogP contribution in [0, 0.1) is 10.2 Å². The largest absolute Gasteiger partial charge is 0.502 e. The summed E-state index contributed by atoms with van der Waals surface area (Å²) in [5.74, 6) is 0.299. The molecular weight excluding hydrogens is 438 g/mol. The van der Waals surface area contributed by atoms with Crippen LogP contribution in [0.3, 0.4) is 0 Å². The molecule has 9 heteroatoms. The first-order valence-corrected chi connectivity index (χ1v) is 11.0. The molecule has 1 aromatic carbocycles. The predicted molar refractivity (Wildman–Crippen MR) is 97.5 cm³/mol. The first kappa shape index (κ1) is 20.7. The SMILES string of the molecule is Oc1ccc[n+]2c1C1c3ccccc3C2CC1(c1ccoc1)c1ccoc1.[O-][Cl+3]([O-])([O-])[O-]. The van der Waals surface area contributed by atoms with E-state index in [2.05, 4.69) is 35.0 Å². The molecule has 0 amide bonds. The van der Waals surface area contributed by atoms with Crippen LogP contribution in [0.25, 0.3) is 0 Å². The second-order valence-corrected chi connectivity index (χ2v) is 8.60. The maximum Gasteiger partial charge on any atom is 0.232 e. The lowest BCUT2D eigenvalue weighted by Crippen LogP contribution is -2.68. The molecule has 0 fully saturated rings. The second kappa shape index (κ2) is 7.47. The number of hydrogen-bond donors (Lipinski definition) is 1. The quantitative estimate of drug-likeness (QED) is 0.403. The fourth-order valence-electron chi connectivity index (χ4n) is 5.37. The van der Waals surface area contributed by atoms with E-state index >= 15 is 0 Å². The number of aromatic nitrogens is 1. The van der Waals surface area contributed by atoms with Crippen LogP contribution < -0.4 is 23.2 Å². The van der Waals surface area contributed by atoms with E-state index in [-0.39, 0.29) is 17.4 Å². The van der Waals surface area contributed by atoms with Gasteiger partial charge in [-0.2, -0.15) is 4.57 Å². The van der Waals surface area contributed by atoms with Crippen molar-refractivity contribution < 1.29 is 47.4 Å². The Kier molecular flexibility index (Phi) is 4.85. The van der Waals surface area contributed by atoms with Crippen LogP contribution in [-0.4, -0.2) is 5.11 Å². The highest BCUT2D eigenvalue weighted by Crippen LogP contribution is 2.60. The van der Waals surface area contributed by atoms with Gasteiger partial charge in [0.15, 0.2) is 18.0 Å². The van der Waals surface area contributed by atoms with Crippen molar-refractivity contribution in [3.05, 3.63) is 108 Å². The maximum absolute atomic E-state index is 10.9. The zero-order chi connectivity index (χ0) is 22.5. The van der Waals surface area contributed by atoms with E-state index in [9.17, 15) is 5.11 Å². The van der Waals surface area contributed by atoms with Gasteiger partial charge >= 0.3 is 0 Å². The Morgan fingerprint density at radius 1 is 0.875 bits per heavy atom. The average Bonchev–Trinajstić information content (AvgIpc) is 3.47. The number of hydrogen-bond acceptors (Lipinski definition) is 7. The van der Waals surface area contributed by atoms with Crippen LogP contribution >= 0.6 is 0 Å². The molecule has 0 spiro atoms. The van der Waals surface area contributed by atoms with Crippen molar-refractivity contribution >= 4 is 0 Å². The predicted octanol–water partition coefficient (Wildman–Crippen LogP) is -0.466. The topological polar surface area (TPSA) is 143 Å². The molecule has 1 N–H and O–H groups in total. The molecule has 2 atom stereocenters. The van der Waals surface area contributed by atoms with Gasteiger partial charge in [0.2, 0.25) is 5.69 Å². The van der Waals surface area contributed by atoms with Gasteiger partial charge in [-0.15, -0.1) is 10.2 Å². The highest BCUT2D eigenvalue weighted by atomic mass is 35.7. The van der Waals surface area contributed by atoms with E-state index in [1.807, 2.05) is 30.7 Å². The number of nitrogens with zero attached hydrogens (tertiary/aromatic N) is 1. The van der Waals surface area contributed by atoms with Gasteiger partial charge in [-0.3, -0.25) is 0 Å². The molecule has 5 heterocycles. The summed E-state index contributed by atoms with van der Waals surface area (Å²) in [6.07, 6.45) is 10.1. The lowest BCUT2D eigenvalue weighted by molar-refractivity contribution is -2.00. The Labute approximate surface area is 185 Å². The fraction of sp³-hybridized carbons (Fsp3) is 0.174. The van der Waals surface area contributed by atoms with Gasteiger partial charge in [-0.1, -0.05) is 24.3 Å². The Balaban J connectivity index is 0.000000393. The molecule has 1 aliphatic carbocycles. The zero-order valence-electron chi connectivity index (χ0n) is 16.6. The van der Waals surface area contributed by atoms with Gasteiger partial charge in [-0.05, 0) is 23.8 Å². The molecule has 3 aromatic heterocycles. The fourth-order valence-corrected chi connectivity index (χ4v) is 5.37. The second-order valence-electron chi connectivity index (χ2n) is 7.84. The molecule has 0 saturated heterocycles. The summed E-state index contributed by atoms with van der Waals surface area (Å²) in [7, 11) is -4.94. The third-order valence-corrected chi connectivity index (χ3v) is 6.40. The Morgan fingerprint density at radius 2 is 1.47 bits per heavy atom. The third-order valence-electron chi connectivity index (χ3n) is 6.40. The van der Waals surface area contributed by atoms with Crippen molar-refractivity contribution in [2.45, 2.75) is 23.8 Å². The summed E-state index contributed by atoms with van der Waals surface area (Å²) in [6, 6.07) is 16.5. The van der Waals surface area contributed by atoms with Crippen molar-refractivity contribution in [1.82, 2.24) is 0 Å². The van der Waals surface area contributed by atoms with Crippen molar-refractivity contribution in [2.75, 3.05) is 0 Å². The van der Waals surface area contributed by atoms with Crippen molar-refractivity contribution in [3.8, 4) is 5.75 Å². The molecule has 4 aromatic rings. The van der Waals surface area contributed by atoms with E-state index in [0.29, 0.717) is 5.75 Å². The molecule has 0 saturated carbocycles.